The van der Waals surface area contributed by atoms with E-state index in [2.05, 4.69) is 14.8 Å². The van der Waals surface area contributed by atoms with Crippen LogP contribution in [0, 0.1) is 0 Å². The molecule has 0 radical (unpaired) electrons. The van der Waals surface area contributed by atoms with Crippen molar-refractivity contribution < 1.29 is 23.0 Å². The fourth-order valence-corrected chi connectivity index (χ4v) is 3.17. The zero-order valence-corrected chi connectivity index (χ0v) is 16.9. The van der Waals surface area contributed by atoms with E-state index < -0.39 is 12.5 Å². The molecule has 3 aromatic rings. The minimum absolute atomic E-state index is 0.0650. The van der Waals surface area contributed by atoms with Gasteiger partial charge in [-0.1, -0.05) is 6.07 Å². The van der Waals surface area contributed by atoms with Gasteiger partial charge in [-0.25, -0.2) is 0 Å². The van der Waals surface area contributed by atoms with Gasteiger partial charge in [0.2, 0.25) is 0 Å². The Morgan fingerprint density at radius 2 is 1.67 bits per heavy atom. The van der Waals surface area contributed by atoms with Gasteiger partial charge in [0.1, 0.15) is 11.5 Å². The number of alkyl halides is 2. The molecule has 5 nitrogen and oxygen atoms in total. The van der Waals surface area contributed by atoms with Crippen molar-refractivity contribution in [1.29, 1.82) is 0 Å². The Balaban J connectivity index is 1.54. The maximum Gasteiger partial charge on any atom is 0.387 e. The third-order valence-corrected chi connectivity index (χ3v) is 4.73. The predicted molar refractivity (Wildman–Crippen MR) is 115 cm³/mol. The standard InChI is InChI=1S/C22H20F2N2O3S/c1-2-28-18-10-6-17(7-11-18)26-30-20-12-8-16(9-13-20)25-21(27)15-4-3-5-19(14-15)29-22(23)24/h3-14,22,26H,2H2,1H3,(H,25,27). The molecular weight excluding hydrogens is 410 g/mol. The van der Waals surface area contributed by atoms with Crippen molar-refractivity contribution >= 4 is 29.2 Å². The monoisotopic (exact) mass is 430 g/mol. The Morgan fingerprint density at radius 3 is 2.33 bits per heavy atom. The molecule has 156 valence electrons. The summed E-state index contributed by atoms with van der Waals surface area (Å²) in [5.74, 6) is 0.340. The van der Waals surface area contributed by atoms with E-state index in [-0.39, 0.29) is 11.3 Å². The SMILES string of the molecule is CCOc1ccc(NSc2ccc(NC(=O)c3cccc(OC(F)F)c3)cc2)cc1. The third-order valence-electron chi connectivity index (χ3n) is 3.89. The summed E-state index contributed by atoms with van der Waals surface area (Å²) in [5.41, 5.74) is 1.75. The third kappa shape index (κ3) is 6.38. The van der Waals surface area contributed by atoms with Gasteiger partial charge in [-0.3, -0.25) is 4.79 Å². The molecule has 3 aromatic carbocycles. The second kappa shape index (κ2) is 10.5. The van der Waals surface area contributed by atoms with Crippen LogP contribution in [0.25, 0.3) is 0 Å². The molecule has 0 fully saturated rings. The highest BCUT2D eigenvalue weighted by atomic mass is 32.2. The molecule has 0 saturated carbocycles. The molecule has 2 N–H and O–H groups in total. The second-order valence-corrected chi connectivity index (χ2v) is 6.93. The summed E-state index contributed by atoms with van der Waals surface area (Å²) in [6, 6.07) is 20.5. The van der Waals surface area contributed by atoms with Crippen molar-refractivity contribution in [2.45, 2.75) is 18.4 Å². The molecule has 0 atom stereocenters. The molecule has 0 aliphatic carbocycles. The van der Waals surface area contributed by atoms with Gasteiger partial charge in [-0.2, -0.15) is 8.78 Å². The minimum atomic E-state index is -2.94. The second-order valence-electron chi connectivity index (χ2n) is 6.05. The van der Waals surface area contributed by atoms with Crippen molar-refractivity contribution in [2.24, 2.45) is 0 Å². The lowest BCUT2D eigenvalue weighted by Crippen LogP contribution is -2.12. The van der Waals surface area contributed by atoms with Crippen molar-refractivity contribution in [2.75, 3.05) is 16.6 Å². The Hall–Kier alpha value is -3.26. The first kappa shape index (κ1) is 21.4. The number of ether oxygens (including phenoxy) is 2. The van der Waals surface area contributed by atoms with E-state index in [4.69, 9.17) is 4.74 Å². The van der Waals surface area contributed by atoms with Crippen LogP contribution in [-0.4, -0.2) is 19.1 Å². The molecule has 3 rings (SSSR count). The Morgan fingerprint density at radius 1 is 0.967 bits per heavy atom. The van der Waals surface area contributed by atoms with Crippen LogP contribution in [0.1, 0.15) is 17.3 Å². The molecule has 0 aromatic heterocycles. The Labute approximate surface area is 177 Å². The molecule has 0 spiro atoms. The van der Waals surface area contributed by atoms with Crippen LogP contribution in [0.3, 0.4) is 0 Å². The molecule has 1 amide bonds. The number of benzene rings is 3. The van der Waals surface area contributed by atoms with Crippen molar-refractivity contribution in [3.8, 4) is 11.5 Å². The van der Waals surface area contributed by atoms with Crippen LogP contribution in [0.5, 0.6) is 11.5 Å². The van der Waals surface area contributed by atoms with Gasteiger partial charge in [0.15, 0.2) is 0 Å². The van der Waals surface area contributed by atoms with Crippen LogP contribution < -0.4 is 19.5 Å². The molecule has 0 aliphatic heterocycles. The van der Waals surface area contributed by atoms with Crippen LogP contribution in [-0.2, 0) is 0 Å². The quantitative estimate of drug-likeness (QED) is 0.404. The zero-order chi connectivity index (χ0) is 21.3. The average Bonchev–Trinajstić information content (AvgIpc) is 2.74. The summed E-state index contributed by atoms with van der Waals surface area (Å²) in [4.78, 5) is 13.3. The van der Waals surface area contributed by atoms with Crippen LogP contribution >= 0.6 is 11.9 Å². The Kier molecular flexibility index (Phi) is 7.51. The van der Waals surface area contributed by atoms with Crippen molar-refractivity contribution in [3.05, 3.63) is 78.4 Å². The van der Waals surface area contributed by atoms with Gasteiger partial charge in [-0.15, -0.1) is 0 Å². The molecule has 0 bridgehead atoms. The average molecular weight is 430 g/mol. The summed E-state index contributed by atoms with van der Waals surface area (Å²) in [6.45, 7) is -0.378. The number of rotatable bonds is 9. The van der Waals surface area contributed by atoms with E-state index in [1.165, 1.54) is 36.2 Å². The number of carbonyl (C=O) groups is 1. The predicted octanol–water partition coefficient (Wildman–Crippen LogP) is 6.06. The molecule has 0 unspecified atom stereocenters. The topological polar surface area (TPSA) is 59.6 Å². The molecule has 8 heteroatoms. The normalized spacial score (nSPS) is 10.5. The smallest absolute Gasteiger partial charge is 0.387 e. The molecule has 30 heavy (non-hydrogen) atoms. The van der Waals surface area contributed by atoms with E-state index in [1.807, 2.05) is 43.3 Å². The number of hydrogen-bond donors (Lipinski definition) is 2. The van der Waals surface area contributed by atoms with Crippen LogP contribution in [0.2, 0.25) is 0 Å². The molecule has 0 aliphatic rings. The van der Waals surface area contributed by atoms with Crippen molar-refractivity contribution in [3.63, 3.8) is 0 Å². The fraction of sp³-hybridized carbons (Fsp3) is 0.136. The first-order chi connectivity index (χ1) is 14.5. The summed E-state index contributed by atoms with van der Waals surface area (Å²) in [7, 11) is 0. The summed E-state index contributed by atoms with van der Waals surface area (Å²) in [5, 5.41) is 2.73. The highest BCUT2D eigenvalue weighted by molar-refractivity contribution is 8.00. The van der Waals surface area contributed by atoms with Crippen molar-refractivity contribution in [1.82, 2.24) is 0 Å². The van der Waals surface area contributed by atoms with E-state index in [0.717, 1.165) is 16.3 Å². The molecule has 0 heterocycles. The maximum absolute atomic E-state index is 12.3. The number of hydrogen-bond acceptors (Lipinski definition) is 5. The largest absolute Gasteiger partial charge is 0.494 e. The number of halogens is 2. The summed E-state index contributed by atoms with van der Waals surface area (Å²) < 4.78 is 37.6. The lowest BCUT2D eigenvalue weighted by molar-refractivity contribution is -0.0498. The van der Waals surface area contributed by atoms with Gasteiger partial charge < -0.3 is 19.5 Å². The highest BCUT2D eigenvalue weighted by Gasteiger charge is 2.10. The van der Waals surface area contributed by atoms with Gasteiger partial charge in [0.25, 0.3) is 5.91 Å². The van der Waals surface area contributed by atoms with Crippen LogP contribution in [0.15, 0.2) is 77.7 Å². The minimum Gasteiger partial charge on any atom is -0.494 e. The number of anilines is 2. The number of carbonyl (C=O) groups excluding carboxylic acids is 1. The molecule has 0 saturated heterocycles. The molecular formula is C22H20F2N2O3S. The lowest BCUT2D eigenvalue weighted by atomic mass is 10.2. The Bertz CT molecular complexity index is 967. The maximum atomic E-state index is 12.3. The van der Waals surface area contributed by atoms with E-state index in [0.29, 0.717) is 12.3 Å². The number of nitrogens with one attached hydrogen (secondary N) is 2. The summed E-state index contributed by atoms with van der Waals surface area (Å²) in [6.07, 6.45) is 0. The highest BCUT2D eigenvalue weighted by Crippen LogP contribution is 2.25. The van der Waals surface area contributed by atoms with Gasteiger partial charge in [0.05, 0.1) is 6.61 Å². The first-order valence-corrected chi connectivity index (χ1v) is 9.97. The van der Waals surface area contributed by atoms with Gasteiger partial charge in [-0.05, 0) is 85.6 Å². The van der Waals surface area contributed by atoms with E-state index in [9.17, 15) is 13.6 Å². The van der Waals surface area contributed by atoms with Crippen LogP contribution in [0.4, 0.5) is 20.2 Å². The fourth-order valence-electron chi connectivity index (χ4n) is 2.53. The lowest BCUT2D eigenvalue weighted by Gasteiger charge is -2.09. The van der Waals surface area contributed by atoms with Gasteiger partial charge in [0, 0.05) is 21.8 Å². The number of amides is 1. The summed E-state index contributed by atoms with van der Waals surface area (Å²) >= 11 is 1.43. The van der Waals surface area contributed by atoms with E-state index >= 15 is 0 Å². The first-order valence-electron chi connectivity index (χ1n) is 9.15. The van der Waals surface area contributed by atoms with E-state index in [1.54, 1.807) is 12.1 Å². The van der Waals surface area contributed by atoms with Gasteiger partial charge >= 0.3 is 6.61 Å². The zero-order valence-electron chi connectivity index (χ0n) is 16.1.